The minimum absolute atomic E-state index is 0.00331. The Labute approximate surface area is 116 Å². The number of benzene rings is 1. The standard InChI is InChI=1S/C14H16O4S/c1-10(16)19-6-4-3-5-12-7-11(9-15)8-13(18-2)14(12)17/h3,5,7-9,17H,4,6H2,1-2H3. The first-order valence-corrected chi connectivity index (χ1v) is 6.73. The van der Waals surface area contributed by atoms with Gasteiger partial charge in [-0.05, 0) is 18.6 Å². The fourth-order valence-electron chi connectivity index (χ4n) is 1.48. The largest absolute Gasteiger partial charge is 0.504 e. The van der Waals surface area contributed by atoms with E-state index in [1.54, 1.807) is 12.1 Å². The van der Waals surface area contributed by atoms with Crippen LogP contribution in [-0.4, -0.2) is 29.4 Å². The first-order chi connectivity index (χ1) is 9.08. The Morgan fingerprint density at radius 2 is 2.21 bits per heavy atom. The molecule has 5 heteroatoms. The Hall–Kier alpha value is -1.75. The number of phenols is 1. The van der Waals surface area contributed by atoms with E-state index in [4.69, 9.17) is 4.74 Å². The Morgan fingerprint density at radius 1 is 1.47 bits per heavy atom. The SMILES string of the molecule is COc1cc(C=O)cc(C=CCCSC(C)=O)c1O. The molecule has 19 heavy (non-hydrogen) atoms. The van der Waals surface area contributed by atoms with Gasteiger partial charge < -0.3 is 9.84 Å². The molecule has 0 aromatic heterocycles. The summed E-state index contributed by atoms with van der Waals surface area (Å²) in [5, 5.41) is 9.99. The second-order valence-electron chi connectivity index (χ2n) is 3.81. The number of carbonyl (C=O) groups is 2. The summed E-state index contributed by atoms with van der Waals surface area (Å²) in [6.45, 7) is 1.53. The Bertz CT molecular complexity index is 494. The quantitative estimate of drug-likeness (QED) is 0.641. The number of phenolic OH excluding ortho intramolecular Hbond substituents is 1. The van der Waals surface area contributed by atoms with Crippen LogP contribution in [0.4, 0.5) is 0 Å². The van der Waals surface area contributed by atoms with Gasteiger partial charge in [0.05, 0.1) is 7.11 Å². The lowest BCUT2D eigenvalue weighted by Gasteiger charge is -2.07. The van der Waals surface area contributed by atoms with Crippen molar-refractivity contribution >= 4 is 29.2 Å². The van der Waals surface area contributed by atoms with E-state index in [0.29, 0.717) is 29.6 Å². The third-order valence-electron chi connectivity index (χ3n) is 2.37. The maximum atomic E-state index is 10.8. The van der Waals surface area contributed by atoms with Crippen molar-refractivity contribution in [3.63, 3.8) is 0 Å². The molecule has 0 atom stereocenters. The van der Waals surface area contributed by atoms with Crippen molar-refractivity contribution in [2.45, 2.75) is 13.3 Å². The van der Waals surface area contributed by atoms with Gasteiger partial charge in [0.2, 0.25) is 0 Å². The van der Waals surface area contributed by atoms with Gasteiger partial charge in [-0.3, -0.25) is 9.59 Å². The molecule has 4 nitrogen and oxygen atoms in total. The van der Waals surface area contributed by atoms with Crippen LogP contribution in [-0.2, 0) is 4.79 Å². The highest BCUT2D eigenvalue weighted by Gasteiger charge is 2.08. The molecule has 0 unspecified atom stereocenters. The second-order valence-corrected chi connectivity index (χ2v) is 5.08. The molecule has 0 saturated heterocycles. The number of aldehydes is 1. The van der Waals surface area contributed by atoms with Gasteiger partial charge >= 0.3 is 0 Å². The third-order valence-corrected chi connectivity index (χ3v) is 3.22. The molecule has 1 rings (SSSR count). The highest BCUT2D eigenvalue weighted by atomic mass is 32.2. The second kappa shape index (κ2) is 7.63. The monoisotopic (exact) mass is 280 g/mol. The van der Waals surface area contributed by atoms with E-state index >= 15 is 0 Å². The van der Waals surface area contributed by atoms with Gasteiger partial charge in [-0.2, -0.15) is 0 Å². The molecular formula is C14H16O4S. The van der Waals surface area contributed by atoms with Crippen LogP contribution in [0.3, 0.4) is 0 Å². The van der Waals surface area contributed by atoms with Crippen LogP contribution in [0.1, 0.15) is 29.3 Å². The highest BCUT2D eigenvalue weighted by Crippen LogP contribution is 2.32. The summed E-state index contributed by atoms with van der Waals surface area (Å²) < 4.78 is 5.00. The molecule has 0 saturated carbocycles. The lowest BCUT2D eigenvalue weighted by atomic mass is 10.1. The van der Waals surface area contributed by atoms with Crippen molar-refractivity contribution in [3.05, 3.63) is 29.3 Å². The molecule has 1 aromatic carbocycles. The van der Waals surface area contributed by atoms with Gasteiger partial charge in [-0.1, -0.05) is 23.9 Å². The Kier molecular flexibility index (Phi) is 6.15. The van der Waals surface area contributed by atoms with E-state index in [9.17, 15) is 14.7 Å². The van der Waals surface area contributed by atoms with Crippen LogP contribution in [0.15, 0.2) is 18.2 Å². The Morgan fingerprint density at radius 3 is 2.79 bits per heavy atom. The molecule has 0 aliphatic rings. The van der Waals surface area contributed by atoms with Crippen LogP contribution < -0.4 is 4.74 Å². The summed E-state index contributed by atoms with van der Waals surface area (Å²) in [6, 6.07) is 3.06. The number of ether oxygens (including phenoxy) is 1. The number of allylic oxidation sites excluding steroid dienone is 1. The fraction of sp³-hybridized carbons (Fsp3) is 0.286. The predicted octanol–water partition coefficient (Wildman–Crippen LogP) is 2.90. The summed E-state index contributed by atoms with van der Waals surface area (Å²) in [5.41, 5.74) is 0.960. The van der Waals surface area contributed by atoms with Gasteiger partial charge in [0.15, 0.2) is 16.6 Å². The van der Waals surface area contributed by atoms with Crippen LogP contribution >= 0.6 is 11.8 Å². The van der Waals surface area contributed by atoms with Crippen molar-refractivity contribution in [1.29, 1.82) is 0 Å². The van der Waals surface area contributed by atoms with Gasteiger partial charge in [0.25, 0.3) is 0 Å². The molecule has 0 heterocycles. The van der Waals surface area contributed by atoms with Crippen molar-refractivity contribution in [2.75, 3.05) is 12.9 Å². The molecule has 0 radical (unpaired) electrons. The fourth-order valence-corrected chi connectivity index (χ4v) is 2.02. The minimum atomic E-state index is 0.00331. The molecule has 0 bridgehead atoms. The molecular weight excluding hydrogens is 264 g/mol. The summed E-state index contributed by atoms with van der Waals surface area (Å²) in [4.78, 5) is 21.5. The average Bonchev–Trinajstić information content (AvgIpc) is 2.39. The number of aromatic hydroxyl groups is 1. The first kappa shape index (κ1) is 15.3. The predicted molar refractivity (Wildman–Crippen MR) is 76.8 cm³/mol. The first-order valence-electron chi connectivity index (χ1n) is 5.74. The maximum Gasteiger partial charge on any atom is 0.185 e. The molecule has 0 aliphatic heterocycles. The number of hydrogen-bond donors (Lipinski definition) is 1. The number of carbonyl (C=O) groups excluding carboxylic acids is 2. The van der Waals surface area contributed by atoms with Crippen molar-refractivity contribution in [1.82, 2.24) is 0 Å². The molecule has 1 aromatic rings. The van der Waals surface area contributed by atoms with Crippen molar-refractivity contribution in [3.8, 4) is 11.5 Å². The molecule has 0 spiro atoms. The number of methoxy groups -OCH3 is 1. The lowest BCUT2D eigenvalue weighted by Crippen LogP contribution is -1.90. The summed E-state index contributed by atoms with van der Waals surface area (Å²) >= 11 is 1.25. The molecule has 0 fully saturated rings. The van der Waals surface area contributed by atoms with E-state index in [2.05, 4.69) is 0 Å². The third kappa shape index (κ3) is 4.79. The number of thioether (sulfide) groups is 1. The number of rotatable bonds is 6. The summed E-state index contributed by atoms with van der Waals surface area (Å²) in [5.74, 6) is 0.961. The highest BCUT2D eigenvalue weighted by molar-refractivity contribution is 8.13. The van der Waals surface area contributed by atoms with Gasteiger partial charge in [0.1, 0.15) is 6.29 Å². The lowest BCUT2D eigenvalue weighted by molar-refractivity contribution is -0.109. The minimum Gasteiger partial charge on any atom is -0.504 e. The maximum absolute atomic E-state index is 10.8. The van der Waals surface area contributed by atoms with Crippen LogP contribution in [0.2, 0.25) is 0 Å². The van der Waals surface area contributed by atoms with E-state index in [-0.39, 0.29) is 16.6 Å². The van der Waals surface area contributed by atoms with Crippen LogP contribution in [0.25, 0.3) is 6.08 Å². The van der Waals surface area contributed by atoms with E-state index in [1.807, 2.05) is 6.08 Å². The normalized spacial score (nSPS) is 10.6. The van der Waals surface area contributed by atoms with E-state index in [0.717, 1.165) is 0 Å². The zero-order valence-corrected chi connectivity index (χ0v) is 11.7. The van der Waals surface area contributed by atoms with E-state index < -0.39 is 0 Å². The summed E-state index contributed by atoms with van der Waals surface area (Å²) in [6.07, 6.45) is 4.97. The smallest absolute Gasteiger partial charge is 0.185 e. The van der Waals surface area contributed by atoms with E-state index in [1.165, 1.54) is 31.9 Å². The molecule has 0 aliphatic carbocycles. The van der Waals surface area contributed by atoms with Crippen LogP contribution in [0.5, 0.6) is 11.5 Å². The Balaban J connectivity index is 2.79. The zero-order valence-electron chi connectivity index (χ0n) is 10.9. The number of hydrogen-bond acceptors (Lipinski definition) is 5. The zero-order chi connectivity index (χ0) is 14.3. The van der Waals surface area contributed by atoms with Crippen molar-refractivity contribution in [2.24, 2.45) is 0 Å². The van der Waals surface area contributed by atoms with Gasteiger partial charge in [0, 0.05) is 23.8 Å². The molecule has 1 N–H and O–H groups in total. The molecule has 0 amide bonds. The van der Waals surface area contributed by atoms with Crippen molar-refractivity contribution < 1.29 is 19.4 Å². The molecule has 102 valence electrons. The van der Waals surface area contributed by atoms with Gasteiger partial charge in [-0.15, -0.1) is 0 Å². The average molecular weight is 280 g/mol. The van der Waals surface area contributed by atoms with Crippen LogP contribution in [0, 0.1) is 0 Å². The topological polar surface area (TPSA) is 63.6 Å². The summed E-state index contributed by atoms with van der Waals surface area (Å²) in [7, 11) is 1.43. The van der Waals surface area contributed by atoms with Gasteiger partial charge in [-0.25, -0.2) is 0 Å².